The van der Waals surface area contributed by atoms with Gasteiger partial charge >= 0.3 is 0 Å². The zero-order valence-electron chi connectivity index (χ0n) is 20.3. The second-order valence-corrected chi connectivity index (χ2v) is 9.49. The van der Waals surface area contributed by atoms with Gasteiger partial charge in [0.15, 0.2) is 22.2 Å². The summed E-state index contributed by atoms with van der Waals surface area (Å²) in [5, 5.41) is 6.44. The molecule has 2 aromatic heterocycles. The van der Waals surface area contributed by atoms with Gasteiger partial charge in [-0.05, 0) is 43.3 Å². The number of anilines is 1. The number of amides is 2. The maximum absolute atomic E-state index is 13.3. The molecule has 0 spiro atoms. The van der Waals surface area contributed by atoms with Crippen molar-refractivity contribution in [3.63, 3.8) is 0 Å². The molecule has 0 aliphatic carbocycles. The molecule has 1 aliphatic heterocycles. The number of aryl methyl sites for hydroxylation is 2. The molecular formula is C25H23FN6O4S. The van der Waals surface area contributed by atoms with Gasteiger partial charge in [0.1, 0.15) is 23.1 Å². The minimum absolute atomic E-state index is 0.124. The maximum atomic E-state index is 13.3. The lowest BCUT2D eigenvalue weighted by atomic mass is 10.1. The van der Waals surface area contributed by atoms with Crippen LogP contribution in [0.5, 0.6) is 17.2 Å². The molecule has 4 aromatic rings. The predicted octanol–water partition coefficient (Wildman–Crippen LogP) is 4.04. The van der Waals surface area contributed by atoms with Gasteiger partial charge in [0.2, 0.25) is 0 Å². The standard InChI is InChI=1S/C25H23FN6O4S/c1-14-28-22(32(3)30-14)15-4-6-17(7-5-15)35-18-10-16(23(33)29-25-27-13-21(26)37-25)11-19(12-18)36-20-8-9-31(2)24(20)34/h4-7,10-13,20H,8-9H2,1-3H3,(H,27,29,33). The van der Waals surface area contributed by atoms with E-state index in [4.69, 9.17) is 9.47 Å². The minimum atomic E-state index is -0.654. The van der Waals surface area contributed by atoms with Gasteiger partial charge < -0.3 is 14.4 Å². The van der Waals surface area contributed by atoms with Gasteiger partial charge in [0.05, 0.1) is 6.20 Å². The van der Waals surface area contributed by atoms with Crippen molar-refractivity contribution < 1.29 is 23.5 Å². The fourth-order valence-corrected chi connectivity index (χ4v) is 4.49. The summed E-state index contributed by atoms with van der Waals surface area (Å²) in [6, 6.07) is 11.9. The first kappa shape index (κ1) is 24.4. The zero-order valence-corrected chi connectivity index (χ0v) is 21.1. The second-order valence-electron chi connectivity index (χ2n) is 8.50. The van der Waals surface area contributed by atoms with Gasteiger partial charge in [-0.2, -0.15) is 9.49 Å². The van der Waals surface area contributed by atoms with Gasteiger partial charge in [0, 0.05) is 44.3 Å². The fraction of sp³-hybridized carbons (Fsp3) is 0.240. The van der Waals surface area contributed by atoms with E-state index in [1.54, 1.807) is 34.8 Å². The largest absolute Gasteiger partial charge is 0.480 e. The van der Waals surface area contributed by atoms with Crippen LogP contribution in [0.15, 0.2) is 48.7 Å². The second kappa shape index (κ2) is 9.97. The summed E-state index contributed by atoms with van der Waals surface area (Å²) < 4.78 is 27.0. The molecule has 2 aromatic carbocycles. The fourth-order valence-electron chi connectivity index (χ4n) is 3.95. The topological polar surface area (TPSA) is 111 Å². The molecule has 1 N–H and O–H groups in total. The third kappa shape index (κ3) is 5.43. The molecule has 2 amide bonds. The summed E-state index contributed by atoms with van der Waals surface area (Å²) in [6.45, 7) is 2.41. The third-order valence-corrected chi connectivity index (χ3v) is 6.42. The number of carbonyl (C=O) groups is 2. The minimum Gasteiger partial charge on any atom is -0.480 e. The highest BCUT2D eigenvalue weighted by Crippen LogP contribution is 2.31. The van der Waals surface area contributed by atoms with Crippen molar-refractivity contribution in [1.29, 1.82) is 0 Å². The van der Waals surface area contributed by atoms with E-state index in [1.165, 1.54) is 12.1 Å². The number of benzene rings is 2. The SMILES string of the molecule is Cc1nc(-c2ccc(Oc3cc(OC4CCN(C)C4=O)cc(C(=O)Nc4ncc(F)s4)c3)cc2)n(C)n1. The van der Waals surface area contributed by atoms with Crippen LogP contribution in [0.2, 0.25) is 0 Å². The average Bonchev–Trinajstić information content (AvgIpc) is 3.53. The summed E-state index contributed by atoms with van der Waals surface area (Å²) in [6.07, 6.45) is 0.907. The molecule has 0 bridgehead atoms. The lowest BCUT2D eigenvalue weighted by molar-refractivity contribution is -0.132. The van der Waals surface area contributed by atoms with Crippen LogP contribution in [0.25, 0.3) is 11.4 Å². The maximum Gasteiger partial charge on any atom is 0.263 e. The van der Waals surface area contributed by atoms with Crippen LogP contribution in [0.1, 0.15) is 22.6 Å². The molecule has 1 saturated heterocycles. The van der Waals surface area contributed by atoms with Gasteiger partial charge in [-0.1, -0.05) is 11.3 Å². The van der Waals surface area contributed by atoms with E-state index >= 15 is 0 Å². The summed E-state index contributed by atoms with van der Waals surface area (Å²) in [5.74, 6) is 1.89. The molecule has 0 radical (unpaired) electrons. The van der Waals surface area contributed by atoms with Crippen LogP contribution in [-0.2, 0) is 11.8 Å². The van der Waals surface area contributed by atoms with Crippen LogP contribution < -0.4 is 14.8 Å². The normalized spacial score (nSPS) is 15.2. The monoisotopic (exact) mass is 522 g/mol. The number of hydrogen-bond donors (Lipinski definition) is 1. The number of hydrogen-bond acceptors (Lipinski definition) is 8. The molecule has 190 valence electrons. The first-order valence-corrected chi connectivity index (χ1v) is 12.2. The first-order chi connectivity index (χ1) is 17.7. The Balaban J connectivity index is 1.40. The van der Waals surface area contributed by atoms with Crippen LogP contribution >= 0.6 is 11.3 Å². The third-order valence-electron chi connectivity index (χ3n) is 5.71. The number of likely N-dealkylation sites (tertiary alicyclic amines) is 1. The van der Waals surface area contributed by atoms with E-state index in [2.05, 4.69) is 20.4 Å². The Kier molecular flexibility index (Phi) is 6.57. The van der Waals surface area contributed by atoms with Crippen LogP contribution in [0.4, 0.5) is 9.52 Å². The highest BCUT2D eigenvalue weighted by atomic mass is 32.1. The quantitative estimate of drug-likeness (QED) is 0.390. The smallest absolute Gasteiger partial charge is 0.263 e. The van der Waals surface area contributed by atoms with Crippen LogP contribution in [-0.4, -0.2) is 56.2 Å². The lowest BCUT2D eigenvalue weighted by Gasteiger charge is -2.15. The molecule has 5 rings (SSSR count). The Morgan fingerprint density at radius 1 is 1.14 bits per heavy atom. The number of aromatic nitrogens is 4. The Labute approximate surface area is 215 Å². The van der Waals surface area contributed by atoms with Crippen molar-refractivity contribution >= 4 is 28.3 Å². The van der Waals surface area contributed by atoms with Crippen molar-refractivity contribution in [3.05, 3.63) is 65.2 Å². The molecule has 37 heavy (non-hydrogen) atoms. The Morgan fingerprint density at radius 2 is 1.89 bits per heavy atom. The Hall–Kier alpha value is -4.32. The molecule has 1 atom stereocenters. The Morgan fingerprint density at radius 3 is 2.51 bits per heavy atom. The molecule has 10 nitrogen and oxygen atoms in total. The van der Waals surface area contributed by atoms with Gasteiger partial charge in [-0.25, -0.2) is 14.6 Å². The molecule has 3 heterocycles. The summed E-state index contributed by atoms with van der Waals surface area (Å²) >= 11 is 0.717. The number of halogens is 1. The van der Waals surface area contributed by atoms with E-state index < -0.39 is 17.1 Å². The van der Waals surface area contributed by atoms with Crippen molar-refractivity contribution in [2.75, 3.05) is 18.9 Å². The summed E-state index contributed by atoms with van der Waals surface area (Å²) in [5.41, 5.74) is 1.07. The number of thiazole rings is 1. The van der Waals surface area contributed by atoms with Crippen molar-refractivity contribution in [1.82, 2.24) is 24.6 Å². The highest BCUT2D eigenvalue weighted by molar-refractivity contribution is 7.14. The van der Waals surface area contributed by atoms with E-state index in [0.29, 0.717) is 47.4 Å². The van der Waals surface area contributed by atoms with Gasteiger partial charge in [-0.3, -0.25) is 14.9 Å². The number of ether oxygens (including phenoxy) is 2. The van der Waals surface area contributed by atoms with Crippen LogP contribution in [0.3, 0.4) is 0 Å². The number of rotatable bonds is 7. The van der Waals surface area contributed by atoms with E-state index in [-0.39, 0.29) is 16.6 Å². The summed E-state index contributed by atoms with van der Waals surface area (Å²) in [4.78, 5) is 35.1. The number of likely N-dealkylation sites (N-methyl/N-ethyl adjacent to an activating group) is 1. The number of nitrogens with one attached hydrogen (secondary N) is 1. The van der Waals surface area contributed by atoms with Gasteiger partial charge in [-0.15, -0.1) is 0 Å². The zero-order chi connectivity index (χ0) is 26.1. The van der Waals surface area contributed by atoms with E-state index in [9.17, 15) is 14.0 Å². The number of carbonyl (C=O) groups excluding carboxylic acids is 2. The van der Waals surface area contributed by atoms with Gasteiger partial charge in [0.25, 0.3) is 11.8 Å². The number of nitrogens with zero attached hydrogens (tertiary/aromatic N) is 5. The molecular weight excluding hydrogens is 499 g/mol. The summed E-state index contributed by atoms with van der Waals surface area (Å²) in [7, 11) is 3.54. The van der Waals surface area contributed by atoms with E-state index in [0.717, 1.165) is 17.6 Å². The van der Waals surface area contributed by atoms with Crippen molar-refractivity contribution in [2.45, 2.75) is 19.4 Å². The molecule has 1 aliphatic rings. The first-order valence-electron chi connectivity index (χ1n) is 11.4. The molecule has 12 heteroatoms. The molecule has 1 unspecified atom stereocenters. The van der Waals surface area contributed by atoms with Crippen LogP contribution in [0, 0.1) is 12.1 Å². The van der Waals surface area contributed by atoms with Crippen molar-refractivity contribution in [3.8, 4) is 28.6 Å². The molecule has 1 fully saturated rings. The average molecular weight is 523 g/mol. The Bertz CT molecular complexity index is 1470. The predicted molar refractivity (Wildman–Crippen MR) is 134 cm³/mol. The highest BCUT2D eigenvalue weighted by Gasteiger charge is 2.31. The van der Waals surface area contributed by atoms with Crippen molar-refractivity contribution in [2.24, 2.45) is 7.05 Å². The lowest BCUT2D eigenvalue weighted by Crippen LogP contribution is -2.29. The van der Waals surface area contributed by atoms with E-state index in [1.807, 2.05) is 26.1 Å². The molecule has 0 saturated carbocycles.